The fourth-order valence-electron chi connectivity index (χ4n) is 16.1. The van der Waals surface area contributed by atoms with Gasteiger partial charge in [0.2, 0.25) is 0 Å². The summed E-state index contributed by atoms with van der Waals surface area (Å²) in [7, 11) is 0. The van der Waals surface area contributed by atoms with Gasteiger partial charge in [0.15, 0.2) is 0 Å². The van der Waals surface area contributed by atoms with E-state index in [1.54, 1.807) is 33.4 Å². The van der Waals surface area contributed by atoms with E-state index in [4.69, 9.17) is 0 Å². The average Bonchev–Trinajstić information content (AvgIpc) is 3.37. The topological polar surface area (TPSA) is 36.1 Å². The molecule has 1 aromatic rings. The molecule has 342 valence electrons. The Labute approximate surface area is 389 Å². The van der Waals surface area contributed by atoms with Crippen LogP contribution in [0.15, 0.2) is 113 Å². The highest BCUT2D eigenvalue weighted by atomic mass is 15.4. The first kappa shape index (κ1) is 44.7. The molecule has 8 aliphatic carbocycles. The highest BCUT2D eigenvalue weighted by Crippen LogP contribution is 2.60. The Balaban J connectivity index is 1.03. The average molecular weight is 858 g/mol. The maximum absolute atomic E-state index is 4.47. The molecule has 10 rings (SSSR count). The zero-order valence-electron chi connectivity index (χ0n) is 40.0. The molecule has 0 radical (unpaired) electrons. The molecule has 2 saturated carbocycles. The largest absolute Gasteiger partial charge is 0.286 e. The zero-order valence-corrected chi connectivity index (χ0v) is 40.0. The second-order valence-corrected chi connectivity index (χ2v) is 22.3. The summed E-state index contributed by atoms with van der Waals surface area (Å²) in [5.41, 5.74) is 10.2. The lowest BCUT2D eigenvalue weighted by Crippen LogP contribution is -2.71. The molecule has 0 bridgehead atoms. The van der Waals surface area contributed by atoms with Crippen molar-refractivity contribution in [3.05, 3.63) is 118 Å². The van der Waals surface area contributed by atoms with Gasteiger partial charge in [0, 0.05) is 23.2 Å². The van der Waals surface area contributed by atoms with E-state index in [9.17, 15) is 0 Å². The van der Waals surface area contributed by atoms with Gasteiger partial charge in [0.1, 0.15) is 0 Å². The molecule has 1 heterocycles. The lowest BCUT2D eigenvalue weighted by atomic mass is 9.51. The first-order valence-corrected chi connectivity index (χ1v) is 27.2. The van der Waals surface area contributed by atoms with Gasteiger partial charge < -0.3 is 0 Å². The normalized spacial score (nSPS) is 35.8. The second kappa shape index (κ2) is 20.4. The molecule has 3 heteroatoms. The molecule has 64 heavy (non-hydrogen) atoms. The summed E-state index contributed by atoms with van der Waals surface area (Å²) in [6.45, 7) is 4.98. The molecule has 3 fully saturated rings. The lowest BCUT2D eigenvalue weighted by Gasteiger charge is -2.54. The minimum atomic E-state index is 0.0803. The molecule has 1 aromatic carbocycles. The first-order valence-electron chi connectivity index (χ1n) is 27.2. The van der Waals surface area contributed by atoms with Crippen molar-refractivity contribution in [2.24, 2.45) is 46.8 Å². The van der Waals surface area contributed by atoms with Crippen LogP contribution in [0.3, 0.4) is 0 Å². The van der Waals surface area contributed by atoms with E-state index >= 15 is 0 Å². The third-order valence-corrected chi connectivity index (χ3v) is 18.9. The Hall–Kier alpha value is -3.16. The van der Waals surface area contributed by atoms with Crippen molar-refractivity contribution in [3.8, 4) is 11.8 Å². The molecule has 0 aromatic heterocycles. The molecule has 0 spiro atoms. The highest BCUT2D eigenvalue weighted by Gasteiger charge is 2.53. The van der Waals surface area contributed by atoms with Gasteiger partial charge >= 0.3 is 0 Å². The van der Waals surface area contributed by atoms with Crippen molar-refractivity contribution >= 4 is 0 Å². The van der Waals surface area contributed by atoms with Crippen LogP contribution in [0, 0.1) is 58.7 Å². The highest BCUT2D eigenvalue weighted by molar-refractivity contribution is 5.46. The van der Waals surface area contributed by atoms with Gasteiger partial charge in [-0.15, -0.1) is 0 Å². The van der Waals surface area contributed by atoms with Gasteiger partial charge in [-0.05, 0) is 199 Å². The zero-order chi connectivity index (χ0) is 43.4. The second-order valence-electron chi connectivity index (χ2n) is 22.3. The fraction of sp³-hybridized carbons (Fsp3) is 0.639. The minimum absolute atomic E-state index is 0.0803. The van der Waals surface area contributed by atoms with Crippen LogP contribution < -0.4 is 16.0 Å². The van der Waals surface area contributed by atoms with E-state index in [0.29, 0.717) is 41.4 Å². The molecular formula is C61H83N3. The van der Waals surface area contributed by atoms with E-state index < -0.39 is 0 Å². The lowest BCUT2D eigenvalue weighted by molar-refractivity contribution is 0.0746. The molecule has 1 aliphatic heterocycles. The summed E-state index contributed by atoms with van der Waals surface area (Å²) >= 11 is 0. The van der Waals surface area contributed by atoms with Gasteiger partial charge in [-0.1, -0.05) is 135 Å². The molecule has 9 aliphatic rings. The van der Waals surface area contributed by atoms with Crippen molar-refractivity contribution in [1.29, 1.82) is 0 Å². The van der Waals surface area contributed by atoms with E-state index in [1.165, 1.54) is 141 Å². The Morgan fingerprint density at radius 2 is 1.52 bits per heavy atom. The van der Waals surface area contributed by atoms with Crippen LogP contribution in [0.1, 0.15) is 180 Å². The summed E-state index contributed by atoms with van der Waals surface area (Å²) in [4.78, 5) is 0. The molecular weight excluding hydrogens is 775 g/mol. The van der Waals surface area contributed by atoms with Crippen LogP contribution in [0.4, 0.5) is 0 Å². The number of hydrogen-bond acceptors (Lipinski definition) is 3. The van der Waals surface area contributed by atoms with Crippen molar-refractivity contribution in [2.75, 3.05) is 0 Å². The third-order valence-electron chi connectivity index (χ3n) is 18.9. The van der Waals surface area contributed by atoms with E-state index in [0.717, 1.165) is 19.3 Å². The predicted octanol–water partition coefficient (Wildman–Crippen LogP) is 14.6. The van der Waals surface area contributed by atoms with Crippen molar-refractivity contribution in [3.63, 3.8) is 0 Å². The number of rotatable bonds is 11. The smallest absolute Gasteiger partial charge is 0.0823 e. The SMILES string of the molecule is CC1=C(C2NC(C3C=C([C@](C4=CC#CCC4)(C4CC=CCC4)C4CCCCC4)C=CC3)NC(C3CCCC(C(C4=CCCCC4)(c4ccccc4)C4C=CCCC4)C3)N2)C(C)CCC1. The van der Waals surface area contributed by atoms with Crippen LogP contribution in [0.2, 0.25) is 0 Å². The van der Waals surface area contributed by atoms with Crippen molar-refractivity contribution in [2.45, 2.75) is 198 Å². The first-order chi connectivity index (χ1) is 31.6. The monoisotopic (exact) mass is 858 g/mol. The molecule has 0 amide bonds. The van der Waals surface area contributed by atoms with Crippen LogP contribution in [-0.4, -0.2) is 18.5 Å². The molecule has 1 saturated heterocycles. The summed E-state index contributed by atoms with van der Waals surface area (Å²) in [5, 5.41) is 13.3. The number of benzene rings is 1. The standard InChI is InChI=1S/C61H83N3/c1-44-24-21-25-45(2)56(44)59-63-57(46-26-22-40-54(42-46)60(48-28-9-3-10-29-48,49-30-11-4-12-31-49)50-32-13-5-14-33-50)62-58(64-59)47-27-23-41-55(43-47)61(51-34-15-6-16-35-51,52-36-17-7-18-37-52)53-38-19-8-20-39-53/h3,6,9-11,15,23,28-30,32,39,41,43-44,46-47,49,51-52,54,57-59,62-64H,4-5,7,12-14,16-19,21-22,24-27,31,33-38,40,42H2,1-2H3/t44?,46?,47?,49?,51?,54?,57?,58?,59?,60?,61-/m1/s1. The Morgan fingerprint density at radius 1 is 0.641 bits per heavy atom. The number of allylic oxidation sites excluding steroid dienone is 12. The minimum Gasteiger partial charge on any atom is -0.286 e. The molecule has 3 N–H and O–H groups in total. The molecule has 11 atom stereocenters. The van der Waals surface area contributed by atoms with Crippen LogP contribution >= 0.6 is 0 Å². The number of hydrogen-bond donors (Lipinski definition) is 3. The summed E-state index contributed by atoms with van der Waals surface area (Å²) in [5.74, 6) is 11.2. The summed E-state index contributed by atoms with van der Waals surface area (Å²) < 4.78 is 0. The molecule has 3 nitrogen and oxygen atoms in total. The van der Waals surface area contributed by atoms with Gasteiger partial charge in [0.25, 0.3) is 0 Å². The van der Waals surface area contributed by atoms with Gasteiger partial charge in [-0.2, -0.15) is 0 Å². The van der Waals surface area contributed by atoms with E-state index in [-0.39, 0.29) is 29.3 Å². The van der Waals surface area contributed by atoms with Gasteiger partial charge in [0.05, 0.1) is 18.5 Å². The molecule has 10 unspecified atom stereocenters. The van der Waals surface area contributed by atoms with E-state index in [1.807, 2.05) is 0 Å². The Morgan fingerprint density at radius 3 is 2.28 bits per heavy atom. The Bertz CT molecular complexity index is 2060. The van der Waals surface area contributed by atoms with Crippen LogP contribution in [0.25, 0.3) is 0 Å². The number of nitrogens with one attached hydrogen (secondary N) is 3. The summed E-state index contributed by atoms with van der Waals surface area (Å²) in [6.07, 6.45) is 56.2. The van der Waals surface area contributed by atoms with E-state index in [2.05, 4.69) is 127 Å². The van der Waals surface area contributed by atoms with Crippen molar-refractivity contribution < 1.29 is 0 Å². The summed E-state index contributed by atoms with van der Waals surface area (Å²) in [6, 6.07) is 12.0. The van der Waals surface area contributed by atoms with Crippen LogP contribution in [0.5, 0.6) is 0 Å². The maximum atomic E-state index is 4.47. The third kappa shape index (κ3) is 8.65. The maximum Gasteiger partial charge on any atom is 0.0823 e. The Kier molecular flexibility index (Phi) is 14.2. The quantitative estimate of drug-likeness (QED) is 0.153. The predicted molar refractivity (Wildman–Crippen MR) is 269 cm³/mol. The van der Waals surface area contributed by atoms with Gasteiger partial charge in [-0.25, -0.2) is 0 Å². The van der Waals surface area contributed by atoms with Crippen molar-refractivity contribution in [1.82, 2.24) is 16.0 Å². The van der Waals surface area contributed by atoms with Crippen LogP contribution in [-0.2, 0) is 5.41 Å². The van der Waals surface area contributed by atoms with Gasteiger partial charge in [-0.3, -0.25) is 16.0 Å². The fourth-order valence-corrected chi connectivity index (χ4v) is 16.1.